The first kappa shape index (κ1) is 12.3. The average molecular weight is 266 g/mol. The van der Waals surface area contributed by atoms with Crippen LogP contribution in [0.2, 0.25) is 0 Å². The summed E-state index contributed by atoms with van der Waals surface area (Å²) in [5.41, 5.74) is 1.54. The number of hydrogen-bond acceptors (Lipinski definition) is 3. The third kappa shape index (κ3) is 2.66. The number of imidazole rings is 1. The number of nitrogens with zero attached hydrogens (tertiary/aromatic N) is 3. The number of hydrogen-bond donors (Lipinski definition) is 1. The lowest BCUT2D eigenvalue weighted by atomic mass is 10.1. The molecule has 1 amide bonds. The van der Waals surface area contributed by atoms with Crippen LogP contribution in [0.15, 0.2) is 55.2 Å². The van der Waals surface area contributed by atoms with Gasteiger partial charge in [0.05, 0.1) is 11.8 Å². The first-order chi connectivity index (χ1) is 9.83. The molecular weight excluding hydrogens is 252 g/mol. The van der Waals surface area contributed by atoms with E-state index in [0.717, 1.165) is 10.9 Å². The van der Waals surface area contributed by atoms with Gasteiger partial charge in [-0.3, -0.25) is 9.78 Å². The number of rotatable bonds is 4. The highest BCUT2D eigenvalue weighted by molar-refractivity contribution is 5.97. The van der Waals surface area contributed by atoms with Crippen LogP contribution in [0.4, 0.5) is 0 Å². The van der Waals surface area contributed by atoms with E-state index in [2.05, 4.69) is 15.3 Å². The van der Waals surface area contributed by atoms with Crippen LogP contribution in [0.1, 0.15) is 10.4 Å². The third-order valence-electron chi connectivity index (χ3n) is 3.08. The standard InChI is InChI=1S/C15H14N4O/c20-15(18-7-9-19-8-6-16-11-19)13-3-4-14-12(10-13)2-1-5-17-14/h1-6,8,10-11H,7,9H2,(H,18,20). The van der Waals surface area contributed by atoms with E-state index in [0.29, 0.717) is 18.7 Å². The molecular formula is C15H14N4O. The second kappa shape index (κ2) is 5.52. The van der Waals surface area contributed by atoms with Crippen molar-refractivity contribution >= 4 is 16.8 Å². The zero-order valence-electron chi connectivity index (χ0n) is 10.9. The number of carbonyl (C=O) groups excluding carboxylic acids is 1. The van der Waals surface area contributed by atoms with Crippen molar-refractivity contribution in [2.24, 2.45) is 0 Å². The minimum Gasteiger partial charge on any atom is -0.350 e. The minimum atomic E-state index is -0.0733. The Balaban J connectivity index is 1.66. The molecule has 0 radical (unpaired) electrons. The number of aromatic nitrogens is 3. The molecule has 3 aromatic rings. The molecule has 3 rings (SSSR count). The predicted octanol–water partition coefficient (Wildman–Crippen LogP) is 1.86. The number of benzene rings is 1. The molecule has 100 valence electrons. The first-order valence-electron chi connectivity index (χ1n) is 6.42. The fourth-order valence-electron chi connectivity index (χ4n) is 2.04. The van der Waals surface area contributed by atoms with E-state index >= 15 is 0 Å². The molecule has 5 nitrogen and oxygen atoms in total. The molecule has 0 spiro atoms. The maximum Gasteiger partial charge on any atom is 0.251 e. The highest BCUT2D eigenvalue weighted by Gasteiger charge is 2.05. The summed E-state index contributed by atoms with van der Waals surface area (Å²) in [7, 11) is 0. The quantitative estimate of drug-likeness (QED) is 0.784. The Hall–Kier alpha value is -2.69. The zero-order chi connectivity index (χ0) is 13.8. The van der Waals surface area contributed by atoms with Gasteiger partial charge in [-0.05, 0) is 24.3 Å². The topological polar surface area (TPSA) is 59.8 Å². The van der Waals surface area contributed by atoms with Gasteiger partial charge in [-0.25, -0.2) is 4.98 Å². The average Bonchev–Trinajstić information content (AvgIpc) is 3.00. The molecule has 0 unspecified atom stereocenters. The molecule has 1 N–H and O–H groups in total. The molecule has 0 bridgehead atoms. The molecule has 0 fully saturated rings. The number of fused-ring (bicyclic) bond motifs is 1. The molecule has 2 heterocycles. The van der Waals surface area contributed by atoms with E-state index in [1.807, 2.05) is 35.0 Å². The van der Waals surface area contributed by atoms with Crippen LogP contribution >= 0.6 is 0 Å². The van der Waals surface area contributed by atoms with Crippen LogP contribution in [-0.4, -0.2) is 27.0 Å². The van der Waals surface area contributed by atoms with Gasteiger partial charge in [-0.2, -0.15) is 0 Å². The van der Waals surface area contributed by atoms with Gasteiger partial charge in [-0.1, -0.05) is 6.07 Å². The molecule has 0 atom stereocenters. The predicted molar refractivity (Wildman–Crippen MR) is 76.3 cm³/mol. The van der Waals surface area contributed by atoms with Crippen molar-refractivity contribution in [2.45, 2.75) is 6.54 Å². The van der Waals surface area contributed by atoms with Gasteiger partial charge in [0, 0.05) is 42.6 Å². The van der Waals surface area contributed by atoms with Crippen molar-refractivity contribution < 1.29 is 4.79 Å². The summed E-state index contributed by atoms with van der Waals surface area (Å²) in [6.07, 6.45) is 7.06. The fraction of sp³-hybridized carbons (Fsp3) is 0.133. The smallest absolute Gasteiger partial charge is 0.251 e. The Morgan fingerprint density at radius 1 is 1.25 bits per heavy atom. The third-order valence-corrected chi connectivity index (χ3v) is 3.08. The first-order valence-corrected chi connectivity index (χ1v) is 6.42. The second-order valence-corrected chi connectivity index (χ2v) is 4.47. The highest BCUT2D eigenvalue weighted by Crippen LogP contribution is 2.13. The lowest BCUT2D eigenvalue weighted by Gasteiger charge is -2.06. The minimum absolute atomic E-state index is 0.0733. The van der Waals surface area contributed by atoms with Crippen molar-refractivity contribution in [3.05, 3.63) is 60.8 Å². The maximum absolute atomic E-state index is 12.1. The summed E-state index contributed by atoms with van der Waals surface area (Å²) in [4.78, 5) is 20.3. The molecule has 0 saturated carbocycles. The summed E-state index contributed by atoms with van der Waals surface area (Å²) >= 11 is 0. The van der Waals surface area contributed by atoms with Gasteiger partial charge in [0.2, 0.25) is 0 Å². The Morgan fingerprint density at radius 3 is 3.05 bits per heavy atom. The van der Waals surface area contributed by atoms with E-state index in [1.165, 1.54) is 0 Å². The van der Waals surface area contributed by atoms with E-state index in [9.17, 15) is 4.79 Å². The number of pyridine rings is 1. The van der Waals surface area contributed by atoms with E-state index < -0.39 is 0 Å². The molecule has 0 aliphatic heterocycles. The highest BCUT2D eigenvalue weighted by atomic mass is 16.1. The summed E-state index contributed by atoms with van der Waals surface area (Å²) in [5.74, 6) is -0.0733. The van der Waals surface area contributed by atoms with Crippen LogP contribution in [-0.2, 0) is 6.54 Å². The molecule has 0 aliphatic carbocycles. The SMILES string of the molecule is O=C(NCCn1ccnc1)c1ccc2ncccc2c1. The second-order valence-electron chi connectivity index (χ2n) is 4.47. The molecule has 20 heavy (non-hydrogen) atoms. The number of nitrogens with one attached hydrogen (secondary N) is 1. The largest absolute Gasteiger partial charge is 0.350 e. The van der Waals surface area contributed by atoms with E-state index in [1.54, 1.807) is 24.8 Å². The van der Waals surface area contributed by atoms with Crippen LogP contribution in [0.3, 0.4) is 0 Å². The monoisotopic (exact) mass is 266 g/mol. The normalized spacial score (nSPS) is 10.6. The van der Waals surface area contributed by atoms with Gasteiger partial charge >= 0.3 is 0 Å². The maximum atomic E-state index is 12.1. The lowest BCUT2D eigenvalue weighted by molar-refractivity contribution is 0.0952. The van der Waals surface area contributed by atoms with Crippen LogP contribution in [0.25, 0.3) is 10.9 Å². The van der Waals surface area contributed by atoms with Gasteiger partial charge in [-0.15, -0.1) is 0 Å². The van der Waals surface area contributed by atoms with Gasteiger partial charge < -0.3 is 9.88 Å². The van der Waals surface area contributed by atoms with Crippen molar-refractivity contribution in [1.82, 2.24) is 19.9 Å². The molecule has 5 heteroatoms. The summed E-state index contributed by atoms with van der Waals surface area (Å²) in [6, 6.07) is 9.32. The Labute approximate surface area is 116 Å². The lowest BCUT2D eigenvalue weighted by Crippen LogP contribution is -2.26. The van der Waals surface area contributed by atoms with Crippen molar-refractivity contribution in [3.63, 3.8) is 0 Å². The van der Waals surface area contributed by atoms with E-state index in [-0.39, 0.29) is 5.91 Å². The molecule has 0 aliphatic rings. The fourth-order valence-corrected chi connectivity index (χ4v) is 2.04. The summed E-state index contributed by atoms with van der Waals surface area (Å²) in [6.45, 7) is 1.28. The number of carbonyl (C=O) groups is 1. The van der Waals surface area contributed by atoms with Gasteiger partial charge in [0.15, 0.2) is 0 Å². The summed E-state index contributed by atoms with van der Waals surface area (Å²) in [5, 5.41) is 3.86. The van der Waals surface area contributed by atoms with Gasteiger partial charge in [0.1, 0.15) is 0 Å². The summed E-state index contributed by atoms with van der Waals surface area (Å²) < 4.78 is 1.92. The Kier molecular flexibility index (Phi) is 3.41. The van der Waals surface area contributed by atoms with Crippen LogP contribution in [0.5, 0.6) is 0 Å². The Bertz CT molecular complexity index is 722. The number of amides is 1. The van der Waals surface area contributed by atoms with E-state index in [4.69, 9.17) is 0 Å². The molecule has 2 aromatic heterocycles. The molecule has 1 aromatic carbocycles. The van der Waals surface area contributed by atoms with Crippen molar-refractivity contribution in [3.8, 4) is 0 Å². The van der Waals surface area contributed by atoms with Gasteiger partial charge in [0.25, 0.3) is 5.91 Å². The van der Waals surface area contributed by atoms with Crippen LogP contribution < -0.4 is 5.32 Å². The Morgan fingerprint density at radius 2 is 2.20 bits per heavy atom. The van der Waals surface area contributed by atoms with Crippen LogP contribution in [0, 0.1) is 0 Å². The van der Waals surface area contributed by atoms with Crippen molar-refractivity contribution in [2.75, 3.05) is 6.54 Å². The zero-order valence-corrected chi connectivity index (χ0v) is 10.9. The van der Waals surface area contributed by atoms with Crippen molar-refractivity contribution in [1.29, 1.82) is 0 Å². The molecule has 0 saturated heterocycles.